The van der Waals surface area contributed by atoms with Crippen LogP contribution in [-0.4, -0.2) is 45.2 Å². The summed E-state index contributed by atoms with van der Waals surface area (Å²) >= 11 is 1.51. The average Bonchev–Trinajstić information content (AvgIpc) is 3.32. The molecule has 1 N–H and O–H groups in total. The smallest absolute Gasteiger partial charge is 0.263 e. The highest BCUT2D eigenvalue weighted by atomic mass is 32.1. The molecule has 0 radical (unpaired) electrons. The molecule has 0 spiro atoms. The maximum atomic E-state index is 12.3. The third kappa shape index (κ3) is 4.27. The van der Waals surface area contributed by atoms with Gasteiger partial charge in [-0.1, -0.05) is 0 Å². The zero-order valence-corrected chi connectivity index (χ0v) is 16.2. The fourth-order valence-corrected chi connectivity index (χ4v) is 4.29. The number of likely N-dealkylation sites (tertiary alicyclic amines) is 1. The number of nitrogens with one attached hydrogen (secondary N) is 1. The average molecular weight is 362 g/mol. The molecule has 1 amide bonds. The number of nitrogens with zero attached hydrogens (tertiary/aromatic N) is 4. The van der Waals surface area contributed by atoms with Crippen LogP contribution in [-0.2, 0) is 19.5 Å². The van der Waals surface area contributed by atoms with Gasteiger partial charge in [0, 0.05) is 18.8 Å². The van der Waals surface area contributed by atoms with Crippen molar-refractivity contribution >= 4 is 17.2 Å². The van der Waals surface area contributed by atoms with Crippen molar-refractivity contribution in [2.45, 2.75) is 53.1 Å². The number of aromatic nitrogens is 3. The van der Waals surface area contributed by atoms with Crippen LogP contribution in [0.25, 0.3) is 0 Å². The van der Waals surface area contributed by atoms with Crippen molar-refractivity contribution in [1.29, 1.82) is 0 Å². The van der Waals surface area contributed by atoms with Crippen molar-refractivity contribution in [3.63, 3.8) is 0 Å². The van der Waals surface area contributed by atoms with E-state index in [-0.39, 0.29) is 5.91 Å². The second-order valence-corrected chi connectivity index (χ2v) is 7.69. The number of hydrogen-bond donors (Lipinski definition) is 1. The number of amides is 1. The normalized spacial score (nSPS) is 15.0. The van der Waals surface area contributed by atoms with Crippen LogP contribution >= 0.6 is 11.3 Å². The van der Waals surface area contributed by atoms with Crippen LogP contribution in [0.2, 0.25) is 0 Å². The Morgan fingerprint density at radius 2 is 2.08 bits per heavy atom. The zero-order chi connectivity index (χ0) is 17.8. The second-order valence-electron chi connectivity index (χ2n) is 6.57. The van der Waals surface area contributed by atoms with E-state index in [4.69, 9.17) is 0 Å². The van der Waals surface area contributed by atoms with Crippen LogP contribution in [0.5, 0.6) is 0 Å². The Kier molecular flexibility index (Phi) is 5.86. The first-order chi connectivity index (χ1) is 12.1. The topological polar surface area (TPSA) is 63.1 Å². The molecule has 2 aromatic heterocycles. The number of carbonyl (C=O) groups excluding carboxylic acids is 1. The third-order valence-corrected chi connectivity index (χ3v) is 5.81. The van der Waals surface area contributed by atoms with Crippen LogP contribution in [0.1, 0.15) is 51.4 Å². The minimum atomic E-state index is -0.0247. The van der Waals surface area contributed by atoms with Crippen molar-refractivity contribution in [2.24, 2.45) is 0 Å². The van der Waals surface area contributed by atoms with Gasteiger partial charge in [-0.15, -0.1) is 11.3 Å². The van der Waals surface area contributed by atoms with E-state index in [1.165, 1.54) is 35.4 Å². The van der Waals surface area contributed by atoms with Gasteiger partial charge < -0.3 is 5.32 Å². The molecule has 1 aliphatic heterocycles. The van der Waals surface area contributed by atoms with Crippen molar-refractivity contribution < 1.29 is 4.79 Å². The van der Waals surface area contributed by atoms with E-state index < -0.39 is 0 Å². The molecule has 0 aliphatic carbocycles. The molecule has 7 heteroatoms. The lowest BCUT2D eigenvalue weighted by Crippen LogP contribution is -2.25. The van der Waals surface area contributed by atoms with Gasteiger partial charge in [-0.25, -0.2) is 4.98 Å². The maximum absolute atomic E-state index is 12.3. The highest BCUT2D eigenvalue weighted by Crippen LogP contribution is 2.18. The van der Waals surface area contributed by atoms with Crippen LogP contribution in [0.3, 0.4) is 0 Å². The lowest BCUT2D eigenvalue weighted by Gasteiger charge is -2.11. The van der Waals surface area contributed by atoms with Crippen molar-refractivity contribution in [2.75, 3.05) is 19.6 Å². The molecule has 3 heterocycles. The Labute approximate surface area is 153 Å². The van der Waals surface area contributed by atoms with Crippen LogP contribution in [0.4, 0.5) is 0 Å². The number of thiazole rings is 1. The van der Waals surface area contributed by atoms with Gasteiger partial charge in [-0.05, 0) is 58.7 Å². The summed E-state index contributed by atoms with van der Waals surface area (Å²) in [5.74, 6) is -0.0247. The fraction of sp³-hybridized carbons (Fsp3) is 0.611. The lowest BCUT2D eigenvalue weighted by molar-refractivity contribution is 0.0958. The van der Waals surface area contributed by atoms with E-state index in [0.29, 0.717) is 11.4 Å². The Hall–Kier alpha value is -1.73. The second kappa shape index (κ2) is 8.10. The van der Waals surface area contributed by atoms with Gasteiger partial charge in [-0.2, -0.15) is 5.10 Å². The van der Waals surface area contributed by atoms with E-state index in [0.717, 1.165) is 43.3 Å². The summed E-state index contributed by atoms with van der Waals surface area (Å²) in [6.45, 7) is 10.9. The molecule has 1 fully saturated rings. The first-order valence-corrected chi connectivity index (χ1v) is 9.88. The predicted molar refractivity (Wildman–Crippen MR) is 100 cm³/mol. The number of aryl methyl sites for hydroxylation is 2. The zero-order valence-electron chi connectivity index (χ0n) is 15.3. The van der Waals surface area contributed by atoms with E-state index in [2.05, 4.69) is 34.1 Å². The fourth-order valence-electron chi connectivity index (χ4n) is 3.41. The molecule has 3 rings (SSSR count). The summed E-state index contributed by atoms with van der Waals surface area (Å²) in [5.41, 5.74) is 3.49. The van der Waals surface area contributed by atoms with Gasteiger partial charge in [0.05, 0.1) is 18.4 Å². The number of hydrogen-bond acceptors (Lipinski definition) is 5. The number of rotatable bonds is 7. The van der Waals surface area contributed by atoms with Crippen LogP contribution < -0.4 is 5.32 Å². The molecule has 1 saturated heterocycles. The molecule has 6 nitrogen and oxygen atoms in total. The Morgan fingerprint density at radius 1 is 1.32 bits per heavy atom. The molecular formula is C18H27N5OS. The molecule has 0 bridgehead atoms. The summed E-state index contributed by atoms with van der Waals surface area (Å²) < 4.78 is 2.01. The predicted octanol–water partition coefficient (Wildman–Crippen LogP) is 2.54. The molecule has 0 aromatic carbocycles. The summed E-state index contributed by atoms with van der Waals surface area (Å²) in [5, 5.41) is 8.58. The molecule has 136 valence electrons. The number of carbonyl (C=O) groups is 1. The Balaban J connectivity index is 1.51. The van der Waals surface area contributed by atoms with Gasteiger partial charge in [0.25, 0.3) is 5.91 Å². The lowest BCUT2D eigenvalue weighted by atomic mass is 10.1. The Bertz CT molecular complexity index is 730. The molecular weight excluding hydrogens is 334 g/mol. The first kappa shape index (κ1) is 18.1. The van der Waals surface area contributed by atoms with Crippen molar-refractivity contribution in [3.05, 3.63) is 33.0 Å². The van der Waals surface area contributed by atoms with Crippen molar-refractivity contribution in [3.8, 4) is 0 Å². The summed E-state index contributed by atoms with van der Waals surface area (Å²) in [4.78, 5) is 19.9. The Morgan fingerprint density at radius 3 is 2.76 bits per heavy atom. The molecule has 25 heavy (non-hydrogen) atoms. The highest BCUT2D eigenvalue weighted by molar-refractivity contribution is 7.13. The van der Waals surface area contributed by atoms with Crippen molar-refractivity contribution in [1.82, 2.24) is 25.0 Å². The quantitative estimate of drug-likeness (QED) is 0.823. The molecule has 1 aliphatic rings. The first-order valence-electron chi connectivity index (χ1n) is 9.06. The van der Waals surface area contributed by atoms with Gasteiger partial charge in [0.1, 0.15) is 9.88 Å². The minimum absolute atomic E-state index is 0.0247. The van der Waals surface area contributed by atoms with Gasteiger partial charge in [0.2, 0.25) is 0 Å². The molecule has 0 saturated carbocycles. The molecule has 0 atom stereocenters. The standard InChI is InChI=1S/C18H27N5OS/c1-4-23-14(3)15(13(2)21-23)7-8-19-18(24)16-11-20-17(25-16)12-22-9-5-6-10-22/h11H,4-10,12H2,1-3H3,(H,19,24). The largest absolute Gasteiger partial charge is 0.351 e. The SMILES string of the molecule is CCn1nc(C)c(CCNC(=O)c2cnc(CN3CCCC3)s2)c1C. The highest BCUT2D eigenvalue weighted by Gasteiger charge is 2.16. The van der Waals surface area contributed by atoms with Gasteiger partial charge in [-0.3, -0.25) is 14.4 Å². The van der Waals surface area contributed by atoms with E-state index in [1.54, 1.807) is 6.20 Å². The maximum Gasteiger partial charge on any atom is 0.263 e. The van der Waals surface area contributed by atoms with E-state index in [9.17, 15) is 4.79 Å². The van der Waals surface area contributed by atoms with Crippen LogP contribution in [0, 0.1) is 13.8 Å². The third-order valence-electron chi connectivity index (χ3n) is 4.83. The minimum Gasteiger partial charge on any atom is -0.351 e. The molecule has 0 unspecified atom stereocenters. The molecule has 2 aromatic rings. The van der Waals surface area contributed by atoms with Gasteiger partial charge >= 0.3 is 0 Å². The van der Waals surface area contributed by atoms with E-state index >= 15 is 0 Å². The monoisotopic (exact) mass is 361 g/mol. The summed E-state index contributed by atoms with van der Waals surface area (Å²) in [7, 11) is 0. The summed E-state index contributed by atoms with van der Waals surface area (Å²) in [6.07, 6.45) is 5.05. The van der Waals surface area contributed by atoms with E-state index in [1.807, 2.05) is 11.6 Å². The summed E-state index contributed by atoms with van der Waals surface area (Å²) in [6, 6.07) is 0. The van der Waals surface area contributed by atoms with Gasteiger partial charge in [0.15, 0.2) is 0 Å². The van der Waals surface area contributed by atoms with Crippen LogP contribution in [0.15, 0.2) is 6.20 Å².